The standard InChI is InChI=1S/C21H19BrN2O5/c1-3-27-19-10-13(9-16(22)20(19)26-2)8-14(12-23)21(25)24-15-4-5-17-18(11-15)29-7-6-28-17/h4-5,8-11H,3,6-7H2,1-2H3,(H,24,25)/b14-8+. The third kappa shape index (κ3) is 4.81. The number of fused-ring (bicyclic) bond motifs is 1. The van der Waals surface area contributed by atoms with Crippen LogP contribution in [0.25, 0.3) is 6.08 Å². The lowest BCUT2D eigenvalue weighted by molar-refractivity contribution is -0.112. The van der Waals surface area contributed by atoms with Gasteiger partial charge in [0.25, 0.3) is 5.91 Å². The van der Waals surface area contributed by atoms with Crippen molar-refractivity contribution in [2.75, 3.05) is 32.2 Å². The van der Waals surface area contributed by atoms with Gasteiger partial charge in [0, 0.05) is 11.8 Å². The molecule has 0 spiro atoms. The number of rotatable bonds is 6. The second kappa shape index (κ2) is 9.34. The Hall–Kier alpha value is -3.18. The predicted octanol–water partition coefficient (Wildman–Crippen LogP) is 4.17. The average Bonchev–Trinajstić information content (AvgIpc) is 2.72. The van der Waals surface area contributed by atoms with Crippen molar-refractivity contribution in [3.05, 3.63) is 45.9 Å². The van der Waals surface area contributed by atoms with Crippen molar-refractivity contribution >= 4 is 33.6 Å². The van der Waals surface area contributed by atoms with Crippen LogP contribution in [0.2, 0.25) is 0 Å². The van der Waals surface area contributed by atoms with E-state index in [1.165, 1.54) is 6.08 Å². The van der Waals surface area contributed by atoms with E-state index in [2.05, 4.69) is 21.2 Å². The number of carbonyl (C=O) groups excluding carboxylic acids is 1. The van der Waals surface area contributed by atoms with Crippen LogP contribution in [0.15, 0.2) is 40.4 Å². The molecule has 1 heterocycles. The number of nitrogens with zero attached hydrogens (tertiary/aromatic N) is 1. The lowest BCUT2D eigenvalue weighted by Gasteiger charge is -2.19. The second-order valence-corrected chi connectivity index (χ2v) is 6.80. The summed E-state index contributed by atoms with van der Waals surface area (Å²) in [7, 11) is 1.54. The Balaban J connectivity index is 1.84. The summed E-state index contributed by atoms with van der Waals surface area (Å²) in [5, 5.41) is 12.2. The molecule has 7 nitrogen and oxygen atoms in total. The molecule has 0 unspecified atom stereocenters. The number of nitrogens with one attached hydrogen (secondary N) is 1. The third-order valence-corrected chi connectivity index (χ3v) is 4.60. The van der Waals surface area contributed by atoms with E-state index in [-0.39, 0.29) is 5.57 Å². The highest BCUT2D eigenvalue weighted by Crippen LogP contribution is 2.37. The van der Waals surface area contributed by atoms with Crippen molar-refractivity contribution < 1.29 is 23.7 Å². The number of hydrogen-bond donors (Lipinski definition) is 1. The Morgan fingerprint density at radius 3 is 2.72 bits per heavy atom. The quantitative estimate of drug-likeness (QED) is 0.515. The van der Waals surface area contributed by atoms with Crippen LogP contribution in [0.3, 0.4) is 0 Å². The van der Waals surface area contributed by atoms with E-state index < -0.39 is 5.91 Å². The first-order chi connectivity index (χ1) is 14.0. The first-order valence-electron chi connectivity index (χ1n) is 8.88. The maximum Gasteiger partial charge on any atom is 0.266 e. The van der Waals surface area contributed by atoms with Gasteiger partial charge in [0.15, 0.2) is 23.0 Å². The summed E-state index contributed by atoms with van der Waals surface area (Å²) in [4.78, 5) is 12.6. The minimum atomic E-state index is -0.533. The van der Waals surface area contributed by atoms with Crippen molar-refractivity contribution in [2.45, 2.75) is 6.92 Å². The molecule has 0 fully saturated rings. The van der Waals surface area contributed by atoms with Gasteiger partial charge in [-0.2, -0.15) is 5.26 Å². The number of benzene rings is 2. The smallest absolute Gasteiger partial charge is 0.266 e. The van der Waals surface area contributed by atoms with Gasteiger partial charge in [0.2, 0.25) is 0 Å². The molecule has 0 saturated heterocycles. The van der Waals surface area contributed by atoms with Crippen LogP contribution in [-0.2, 0) is 4.79 Å². The molecule has 2 aromatic carbocycles. The van der Waals surface area contributed by atoms with Gasteiger partial charge in [0.05, 0.1) is 18.2 Å². The second-order valence-electron chi connectivity index (χ2n) is 5.95. The Labute approximate surface area is 177 Å². The van der Waals surface area contributed by atoms with Crippen LogP contribution in [-0.4, -0.2) is 32.8 Å². The molecule has 1 amide bonds. The lowest BCUT2D eigenvalue weighted by atomic mass is 10.1. The first-order valence-corrected chi connectivity index (χ1v) is 9.68. The Bertz CT molecular complexity index is 997. The fourth-order valence-electron chi connectivity index (χ4n) is 2.77. The fraction of sp³-hybridized carbons (Fsp3) is 0.238. The van der Waals surface area contributed by atoms with Crippen molar-refractivity contribution in [2.24, 2.45) is 0 Å². The molecule has 1 aliphatic heterocycles. The Morgan fingerprint density at radius 1 is 1.28 bits per heavy atom. The van der Waals surface area contributed by atoms with Gasteiger partial charge in [-0.25, -0.2) is 0 Å². The number of hydrogen-bond acceptors (Lipinski definition) is 6. The summed E-state index contributed by atoms with van der Waals surface area (Å²) in [5.74, 6) is 1.70. The van der Waals surface area contributed by atoms with E-state index >= 15 is 0 Å². The third-order valence-electron chi connectivity index (χ3n) is 4.01. The average molecular weight is 459 g/mol. The fourth-order valence-corrected chi connectivity index (χ4v) is 3.39. The predicted molar refractivity (Wildman–Crippen MR) is 112 cm³/mol. The molecule has 150 valence electrons. The van der Waals surface area contributed by atoms with Crippen molar-refractivity contribution in [1.82, 2.24) is 0 Å². The molecule has 0 atom stereocenters. The molecular formula is C21H19BrN2O5. The van der Waals surface area contributed by atoms with Gasteiger partial charge in [-0.1, -0.05) is 0 Å². The minimum Gasteiger partial charge on any atom is -0.492 e. The number of amides is 1. The maximum atomic E-state index is 12.6. The van der Waals surface area contributed by atoms with Crippen LogP contribution in [0.1, 0.15) is 12.5 Å². The van der Waals surface area contributed by atoms with E-state index in [1.807, 2.05) is 13.0 Å². The highest BCUT2D eigenvalue weighted by Gasteiger charge is 2.16. The van der Waals surface area contributed by atoms with Crippen LogP contribution >= 0.6 is 15.9 Å². The van der Waals surface area contributed by atoms with E-state index in [0.717, 1.165) is 0 Å². The van der Waals surface area contributed by atoms with Crippen LogP contribution in [0.4, 0.5) is 5.69 Å². The molecule has 1 N–H and O–H groups in total. The monoisotopic (exact) mass is 458 g/mol. The van der Waals surface area contributed by atoms with Gasteiger partial charge < -0.3 is 24.3 Å². The molecule has 0 radical (unpaired) electrons. The number of halogens is 1. The molecule has 8 heteroatoms. The molecule has 3 rings (SSSR count). The van der Waals surface area contributed by atoms with Crippen molar-refractivity contribution in [3.63, 3.8) is 0 Å². The van der Waals surface area contributed by atoms with E-state index in [9.17, 15) is 10.1 Å². The summed E-state index contributed by atoms with van der Waals surface area (Å²) >= 11 is 3.42. The number of methoxy groups -OCH3 is 1. The highest BCUT2D eigenvalue weighted by atomic mass is 79.9. The van der Waals surface area contributed by atoms with Gasteiger partial charge in [0.1, 0.15) is 24.9 Å². The summed E-state index contributed by atoms with van der Waals surface area (Å²) in [6.07, 6.45) is 1.49. The molecule has 0 saturated carbocycles. The molecule has 0 bridgehead atoms. The summed E-state index contributed by atoms with van der Waals surface area (Å²) in [5.41, 5.74) is 1.07. The number of ether oxygens (including phenoxy) is 4. The zero-order valence-corrected chi connectivity index (χ0v) is 17.5. The van der Waals surface area contributed by atoms with Crippen molar-refractivity contribution in [1.29, 1.82) is 5.26 Å². The van der Waals surface area contributed by atoms with Gasteiger partial charge in [-0.05, 0) is 58.8 Å². The Morgan fingerprint density at radius 2 is 2.03 bits per heavy atom. The van der Waals surface area contributed by atoms with E-state index in [0.29, 0.717) is 58.5 Å². The molecule has 1 aliphatic rings. The topological polar surface area (TPSA) is 89.8 Å². The summed E-state index contributed by atoms with van der Waals surface area (Å²) < 4.78 is 22.5. The van der Waals surface area contributed by atoms with Gasteiger partial charge in [-0.15, -0.1) is 0 Å². The van der Waals surface area contributed by atoms with Crippen LogP contribution in [0, 0.1) is 11.3 Å². The molecular weight excluding hydrogens is 440 g/mol. The summed E-state index contributed by atoms with van der Waals surface area (Å²) in [6, 6.07) is 10.5. The largest absolute Gasteiger partial charge is 0.492 e. The molecule has 2 aromatic rings. The zero-order valence-electron chi connectivity index (χ0n) is 16.0. The highest BCUT2D eigenvalue weighted by molar-refractivity contribution is 9.10. The first kappa shape index (κ1) is 20.6. The Kier molecular flexibility index (Phi) is 6.62. The molecule has 29 heavy (non-hydrogen) atoms. The van der Waals surface area contributed by atoms with Crippen molar-refractivity contribution in [3.8, 4) is 29.1 Å². The lowest BCUT2D eigenvalue weighted by Crippen LogP contribution is -2.17. The molecule has 0 aliphatic carbocycles. The normalized spacial score (nSPS) is 12.7. The van der Waals surface area contributed by atoms with Crippen LogP contribution in [0.5, 0.6) is 23.0 Å². The maximum absolute atomic E-state index is 12.6. The minimum absolute atomic E-state index is 0.0561. The van der Waals surface area contributed by atoms with Crippen LogP contribution < -0.4 is 24.3 Å². The molecule has 0 aromatic heterocycles. The summed E-state index contributed by atoms with van der Waals surface area (Å²) in [6.45, 7) is 3.24. The van der Waals surface area contributed by atoms with E-state index in [1.54, 1.807) is 37.4 Å². The number of nitriles is 1. The number of carbonyl (C=O) groups is 1. The SMILES string of the molecule is CCOc1cc(/C=C(\C#N)C(=O)Nc2ccc3c(c2)OCCO3)cc(Br)c1OC. The van der Waals surface area contributed by atoms with Gasteiger partial charge >= 0.3 is 0 Å². The number of anilines is 1. The van der Waals surface area contributed by atoms with E-state index in [4.69, 9.17) is 18.9 Å². The zero-order chi connectivity index (χ0) is 20.8. The van der Waals surface area contributed by atoms with Gasteiger partial charge in [-0.3, -0.25) is 4.79 Å².